The molecule has 0 spiro atoms. The number of nitrogens with one attached hydrogen (secondary N) is 1. The van der Waals surface area contributed by atoms with Crippen LogP contribution in [0.4, 0.5) is 11.4 Å². The first kappa shape index (κ1) is 18.1. The lowest BCUT2D eigenvalue weighted by Gasteiger charge is -2.24. The van der Waals surface area contributed by atoms with Gasteiger partial charge in [0.2, 0.25) is 11.8 Å². The van der Waals surface area contributed by atoms with Gasteiger partial charge in [-0.3, -0.25) is 14.5 Å². The number of amides is 2. The quantitative estimate of drug-likeness (QED) is 0.891. The standard InChI is InChI=1S/C19H19ClN2O4/c1-11(23)22-15-7-5-4-6-12(15)8-16(22)19(24)21-18-14(20)9-13(25-2)10-17(18)26-3/h4-7,9-10,16H,8H2,1-3H3,(H,21,24). The molecule has 0 radical (unpaired) electrons. The Bertz CT molecular complexity index is 869. The summed E-state index contributed by atoms with van der Waals surface area (Å²) in [7, 11) is 3.00. The number of hydrogen-bond donors (Lipinski definition) is 1. The largest absolute Gasteiger partial charge is 0.497 e. The van der Waals surface area contributed by atoms with Crippen molar-refractivity contribution in [2.75, 3.05) is 24.4 Å². The van der Waals surface area contributed by atoms with E-state index >= 15 is 0 Å². The molecule has 3 rings (SSSR count). The molecule has 7 heteroatoms. The minimum absolute atomic E-state index is 0.192. The number of nitrogens with zero attached hydrogens (tertiary/aromatic N) is 1. The highest BCUT2D eigenvalue weighted by Crippen LogP contribution is 2.38. The highest BCUT2D eigenvalue weighted by molar-refractivity contribution is 6.34. The van der Waals surface area contributed by atoms with E-state index in [0.717, 1.165) is 11.3 Å². The monoisotopic (exact) mass is 374 g/mol. The molecule has 26 heavy (non-hydrogen) atoms. The predicted molar refractivity (Wildman–Crippen MR) is 100 cm³/mol. The van der Waals surface area contributed by atoms with Crippen molar-refractivity contribution in [1.29, 1.82) is 0 Å². The lowest BCUT2D eigenvalue weighted by atomic mass is 10.1. The fourth-order valence-corrected chi connectivity index (χ4v) is 3.40. The van der Waals surface area contributed by atoms with Crippen LogP contribution in [-0.2, 0) is 16.0 Å². The summed E-state index contributed by atoms with van der Waals surface area (Å²) < 4.78 is 10.5. The number of carbonyl (C=O) groups is 2. The van der Waals surface area contributed by atoms with Crippen molar-refractivity contribution in [2.45, 2.75) is 19.4 Å². The van der Waals surface area contributed by atoms with Gasteiger partial charge in [0.25, 0.3) is 0 Å². The van der Waals surface area contributed by atoms with Crippen LogP contribution in [0.25, 0.3) is 0 Å². The molecule has 136 valence electrons. The van der Waals surface area contributed by atoms with E-state index in [-0.39, 0.29) is 11.8 Å². The number of methoxy groups -OCH3 is 2. The van der Waals surface area contributed by atoms with Crippen LogP contribution in [0, 0.1) is 0 Å². The zero-order valence-electron chi connectivity index (χ0n) is 14.7. The smallest absolute Gasteiger partial charge is 0.248 e. The minimum atomic E-state index is -0.646. The molecule has 1 aliphatic rings. The van der Waals surface area contributed by atoms with Crippen LogP contribution in [0.15, 0.2) is 36.4 Å². The summed E-state index contributed by atoms with van der Waals surface area (Å²) in [6, 6.07) is 10.1. The van der Waals surface area contributed by atoms with Crippen LogP contribution >= 0.6 is 11.6 Å². The van der Waals surface area contributed by atoms with E-state index in [1.165, 1.54) is 26.0 Å². The van der Waals surface area contributed by atoms with Gasteiger partial charge in [0, 0.05) is 31.2 Å². The fraction of sp³-hybridized carbons (Fsp3) is 0.263. The second kappa shape index (κ2) is 7.25. The first-order chi connectivity index (χ1) is 12.5. The summed E-state index contributed by atoms with van der Waals surface area (Å²) in [6.07, 6.45) is 0.442. The number of para-hydroxylation sites is 1. The molecule has 0 aromatic heterocycles. The van der Waals surface area contributed by atoms with Crippen molar-refractivity contribution in [1.82, 2.24) is 0 Å². The highest BCUT2D eigenvalue weighted by atomic mass is 35.5. The van der Waals surface area contributed by atoms with Crippen LogP contribution in [0.5, 0.6) is 11.5 Å². The van der Waals surface area contributed by atoms with Gasteiger partial charge in [0.15, 0.2) is 0 Å². The van der Waals surface area contributed by atoms with Gasteiger partial charge in [-0.1, -0.05) is 29.8 Å². The highest BCUT2D eigenvalue weighted by Gasteiger charge is 2.37. The third-order valence-electron chi connectivity index (χ3n) is 4.35. The molecular formula is C19H19ClN2O4. The molecule has 0 bridgehead atoms. The normalized spacial score (nSPS) is 15.4. The Labute approximate surface area is 156 Å². The number of hydrogen-bond acceptors (Lipinski definition) is 4. The molecule has 0 aliphatic carbocycles. The maximum absolute atomic E-state index is 12.9. The average Bonchev–Trinajstić information content (AvgIpc) is 3.02. The van der Waals surface area contributed by atoms with Gasteiger partial charge < -0.3 is 14.8 Å². The Morgan fingerprint density at radius 3 is 2.58 bits per heavy atom. The van der Waals surface area contributed by atoms with Crippen molar-refractivity contribution in [2.24, 2.45) is 0 Å². The number of rotatable bonds is 4. The minimum Gasteiger partial charge on any atom is -0.497 e. The molecule has 1 unspecified atom stereocenters. The molecule has 1 atom stereocenters. The van der Waals surface area contributed by atoms with Gasteiger partial charge in [-0.05, 0) is 11.6 Å². The molecule has 2 aromatic rings. The zero-order chi connectivity index (χ0) is 18.8. The average molecular weight is 375 g/mol. The van der Waals surface area contributed by atoms with Crippen LogP contribution < -0.4 is 19.7 Å². The number of halogens is 1. The molecule has 1 heterocycles. The second-order valence-electron chi connectivity index (χ2n) is 5.91. The topological polar surface area (TPSA) is 67.9 Å². The van der Waals surface area contributed by atoms with Crippen LogP contribution in [0.1, 0.15) is 12.5 Å². The van der Waals surface area contributed by atoms with Gasteiger partial charge in [-0.25, -0.2) is 0 Å². The maximum Gasteiger partial charge on any atom is 0.248 e. The Hall–Kier alpha value is -2.73. The van der Waals surface area contributed by atoms with Crippen molar-refractivity contribution >= 4 is 34.8 Å². The van der Waals surface area contributed by atoms with Crippen LogP contribution in [-0.4, -0.2) is 32.1 Å². The Morgan fingerprint density at radius 1 is 1.19 bits per heavy atom. The first-order valence-corrected chi connectivity index (χ1v) is 8.44. The Morgan fingerprint density at radius 2 is 1.92 bits per heavy atom. The van der Waals surface area contributed by atoms with E-state index in [1.807, 2.05) is 24.3 Å². The molecule has 1 aliphatic heterocycles. The van der Waals surface area contributed by atoms with Gasteiger partial charge in [-0.15, -0.1) is 0 Å². The predicted octanol–water partition coefficient (Wildman–Crippen LogP) is 3.27. The Kier molecular flexibility index (Phi) is 5.04. The number of anilines is 2. The molecule has 0 saturated heterocycles. The number of ether oxygens (including phenoxy) is 2. The van der Waals surface area contributed by atoms with E-state index < -0.39 is 6.04 Å². The number of fused-ring (bicyclic) bond motifs is 1. The maximum atomic E-state index is 12.9. The first-order valence-electron chi connectivity index (χ1n) is 8.06. The second-order valence-corrected chi connectivity index (χ2v) is 6.32. The molecule has 6 nitrogen and oxygen atoms in total. The van der Waals surface area contributed by atoms with E-state index in [9.17, 15) is 9.59 Å². The molecular weight excluding hydrogens is 356 g/mol. The zero-order valence-corrected chi connectivity index (χ0v) is 15.5. The summed E-state index contributed by atoms with van der Waals surface area (Å²) in [6.45, 7) is 1.45. The summed E-state index contributed by atoms with van der Waals surface area (Å²) >= 11 is 6.28. The van der Waals surface area contributed by atoms with Gasteiger partial charge in [0.1, 0.15) is 23.2 Å². The molecule has 2 aromatic carbocycles. The Balaban J connectivity index is 1.91. The lowest BCUT2D eigenvalue weighted by molar-refractivity contribution is -0.122. The van der Waals surface area contributed by atoms with Gasteiger partial charge in [0.05, 0.1) is 19.2 Å². The molecule has 0 saturated carbocycles. The van der Waals surface area contributed by atoms with Crippen molar-refractivity contribution < 1.29 is 19.1 Å². The third-order valence-corrected chi connectivity index (χ3v) is 4.65. The van der Waals surface area contributed by atoms with Crippen molar-refractivity contribution in [3.8, 4) is 11.5 Å². The molecule has 2 amide bonds. The van der Waals surface area contributed by atoms with E-state index in [4.69, 9.17) is 21.1 Å². The van der Waals surface area contributed by atoms with Crippen molar-refractivity contribution in [3.05, 3.63) is 47.0 Å². The van der Waals surface area contributed by atoms with Gasteiger partial charge >= 0.3 is 0 Å². The fourth-order valence-electron chi connectivity index (χ4n) is 3.15. The lowest BCUT2D eigenvalue weighted by Crippen LogP contribution is -2.44. The van der Waals surface area contributed by atoms with E-state index in [1.54, 1.807) is 12.1 Å². The summed E-state index contributed by atoms with van der Waals surface area (Å²) in [4.78, 5) is 26.6. The van der Waals surface area contributed by atoms with E-state index in [2.05, 4.69) is 5.32 Å². The number of carbonyl (C=O) groups excluding carboxylic acids is 2. The van der Waals surface area contributed by atoms with Gasteiger partial charge in [-0.2, -0.15) is 0 Å². The summed E-state index contributed by atoms with van der Waals surface area (Å²) in [5.74, 6) is 0.376. The molecule has 0 fully saturated rings. The third kappa shape index (κ3) is 3.20. The number of benzene rings is 2. The molecule has 1 N–H and O–H groups in total. The summed E-state index contributed by atoms with van der Waals surface area (Å²) in [5, 5.41) is 3.09. The van der Waals surface area contributed by atoms with Crippen LogP contribution in [0.3, 0.4) is 0 Å². The van der Waals surface area contributed by atoms with Crippen molar-refractivity contribution in [3.63, 3.8) is 0 Å². The van der Waals surface area contributed by atoms with E-state index in [0.29, 0.717) is 28.6 Å². The summed E-state index contributed by atoms with van der Waals surface area (Å²) in [5.41, 5.74) is 2.06. The SMILES string of the molecule is COc1cc(Cl)c(NC(=O)C2Cc3ccccc3N2C(C)=O)c(OC)c1. The van der Waals surface area contributed by atoms with Crippen LogP contribution in [0.2, 0.25) is 5.02 Å².